The predicted molar refractivity (Wildman–Crippen MR) is 65.5 cm³/mol. The minimum absolute atomic E-state index is 0.282. The van der Waals surface area contributed by atoms with Crippen molar-refractivity contribution in [2.75, 3.05) is 0 Å². The van der Waals surface area contributed by atoms with E-state index in [2.05, 4.69) is 0 Å². The summed E-state index contributed by atoms with van der Waals surface area (Å²) in [7, 11) is 0. The molecule has 0 aliphatic heterocycles. The maximum atomic E-state index is 10.6. The second-order valence-electron chi connectivity index (χ2n) is 5.39. The largest absolute Gasteiger partial charge is 0.438 e. The van der Waals surface area contributed by atoms with Crippen molar-refractivity contribution in [2.24, 2.45) is 5.92 Å². The highest BCUT2D eigenvalue weighted by Gasteiger charge is 2.28. The van der Waals surface area contributed by atoms with Crippen LogP contribution in [-0.2, 0) is 14.3 Å². The molecule has 2 saturated carbocycles. The van der Waals surface area contributed by atoms with Crippen molar-refractivity contribution in [1.29, 1.82) is 0 Å². The van der Waals surface area contributed by atoms with Gasteiger partial charge in [0.05, 0.1) is 6.10 Å². The second kappa shape index (κ2) is 7.00. The van der Waals surface area contributed by atoms with Gasteiger partial charge in [-0.2, -0.15) is 0 Å². The van der Waals surface area contributed by atoms with Crippen LogP contribution in [-0.4, -0.2) is 18.9 Å². The zero-order chi connectivity index (χ0) is 11.9. The van der Waals surface area contributed by atoms with E-state index < -0.39 is 0 Å². The molecule has 3 heteroatoms. The lowest BCUT2D eigenvalue weighted by atomic mass is 9.88. The Bertz CT molecular complexity index is 218. The highest BCUT2D eigenvalue weighted by Crippen LogP contribution is 2.31. The van der Waals surface area contributed by atoms with Crippen LogP contribution in [0.25, 0.3) is 0 Å². The first kappa shape index (κ1) is 12.9. The molecule has 0 heterocycles. The third-order valence-electron chi connectivity index (χ3n) is 4.10. The molecule has 17 heavy (non-hydrogen) atoms. The van der Waals surface area contributed by atoms with Gasteiger partial charge in [-0.1, -0.05) is 38.5 Å². The van der Waals surface area contributed by atoms with Crippen LogP contribution in [0.5, 0.6) is 0 Å². The van der Waals surface area contributed by atoms with Gasteiger partial charge in [0.25, 0.3) is 6.47 Å². The van der Waals surface area contributed by atoms with Crippen LogP contribution in [0.3, 0.4) is 0 Å². The van der Waals surface area contributed by atoms with Gasteiger partial charge in [-0.05, 0) is 25.7 Å². The molecule has 2 rings (SSSR count). The normalized spacial score (nSPS) is 25.4. The SMILES string of the molecule is O=COC(OC1CCCCC1)C1CCCCC1. The lowest BCUT2D eigenvalue weighted by molar-refractivity contribution is -0.200. The summed E-state index contributed by atoms with van der Waals surface area (Å²) in [6.45, 7) is 0.558. The van der Waals surface area contributed by atoms with E-state index in [1.807, 2.05) is 0 Å². The van der Waals surface area contributed by atoms with Crippen LogP contribution in [0.15, 0.2) is 0 Å². The quantitative estimate of drug-likeness (QED) is 0.545. The van der Waals surface area contributed by atoms with Crippen LogP contribution < -0.4 is 0 Å². The number of hydrogen-bond donors (Lipinski definition) is 0. The predicted octanol–water partition coefficient (Wildman–Crippen LogP) is 3.42. The van der Waals surface area contributed by atoms with E-state index in [0.717, 1.165) is 25.7 Å². The van der Waals surface area contributed by atoms with E-state index in [0.29, 0.717) is 18.5 Å². The molecule has 0 amide bonds. The van der Waals surface area contributed by atoms with Crippen molar-refractivity contribution in [3.63, 3.8) is 0 Å². The molecule has 0 aromatic carbocycles. The third kappa shape index (κ3) is 3.98. The highest BCUT2D eigenvalue weighted by molar-refractivity contribution is 5.37. The minimum Gasteiger partial charge on any atom is -0.438 e. The number of carbonyl (C=O) groups excluding carboxylic acids is 1. The topological polar surface area (TPSA) is 35.5 Å². The summed E-state index contributed by atoms with van der Waals surface area (Å²) in [5, 5.41) is 0. The molecule has 98 valence electrons. The summed E-state index contributed by atoms with van der Waals surface area (Å²) in [6, 6.07) is 0. The van der Waals surface area contributed by atoms with Gasteiger partial charge in [-0.3, -0.25) is 4.79 Å². The van der Waals surface area contributed by atoms with Gasteiger partial charge < -0.3 is 9.47 Å². The van der Waals surface area contributed by atoms with E-state index in [9.17, 15) is 4.79 Å². The summed E-state index contributed by atoms with van der Waals surface area (Å²) >= 11 is 0. The van der Waals surface area contributed by atoms with Crippen molar-refractivity contribution < 1.29 is 14.3 Å². The Kier molecular flexibility index (Phi) is 5.30. The average Bonchev–Trinajstić information content (AvgIpc) is 2.40. The van der Waals surface area contributed by atoms with Crippen molar-refractivity contribution >= 4 is 6.47 Å². The molecule has 2 aliphatic rings. The molecule has 3 nitrogen and oxygen atoms in total. The molecule has 0 aromatic rings. The van der Waals surface area contributed by atoms with Crippen molar-refractivity contribution in [1.82, 2.24) is 0 Å². The highest BCUT2D eigenvalue weighted by atomic mass is 16.7. The zero-order valence-corrected chi connectivity index (χ0v) is 10.6. The Morgan fingerprint density at radius 1 is 0.882 bits per heavy atom. The molecule has 0 bridgehead atoms. The van der Waals surface area contributed by atoms with Gasteiger partial charge in [-0.15, -0.1) is 0 Å². The van der Waals surface area contributed by atoms with Crippen LogP contribution in [0.1, 0.15) is 64.2 Å². The van der Waals surface area contributed by atoms with Gasteiger partial charge in [-0.25, -0.2) is 0 Å². The first-order valence-corrected chi connectivity index (χ1v) is 7.14. The Labute approximate surface area is 104 Å². The lowest BCUT2D eigenvalue weighted by Crippen LogP contribution is -2.33. The standard InChI is InChI=1S/C14H24O3/c15-11-16-14(12-7-3-1-4-8-12)17-13-9-5-2-6-10-13/h11-14H,1-10H2. The van der Waals surface area contributed by atoms with Crippen LogP contribution in [0, 0.1) is 5.92 Å². The van der Waals surface area contributed by atoms with Crippen molar-refractivity contribution in [3.8, 4) is 0 Å². The molecule has 2 fully saturated rings. The Morgan fingerprint density at radius 2 is 1.47 bits per heavy atom. The van der Waals surface area contributed by atoms with E-state index in [1.165, 1.54) is 38.5 Å². The molecule has 1 atom stereocenters. The number of hydrogen-bond acceptors (Lipinski definition) is 3. The summed E-state index contributed by atoms with van der Waals surface area (Å²) in [4.78, 5) is 10.6. The van der Waals surface area contributed by atoms with Crippen LogP contribution >= 0.6 is 0 Å². The monoisotopic (exact) mass is 240 g/mol. The van der Waals surface area contributed by atoms with Crippen LogP contribution in [0.4, 0.5) is 0 Å². The van der Waals surface area contributed by atoms with Crippen molar-refractivity contribution in [2.45, 2.75) is 76.6 Å². The third-order valence-corrected chi connectivity index (χ3v) is 4.10. The zero-order valence-electron chi connectivity index (χ0n) is 10.6. The van der Waals surface area contributed by atoms with E-state index >= 15 is 0 Å². The average molecular weight is 240 g/mol. The summed E-state index contributed by atoms with van der Waals surface area (Å²) in [5.74, 6) is 0.427. The molecule has 0 radical (unpaired) electrons. The molecule has 0 spiro atoms. The smallest absolute Gasteiger partial charge is 0.295 e. The van der Waals surface area contributed by atoms with E-state index in [1.54, 1.807) is 0 Å². The van der Waals surface area contributed by atoms with E-state index in [4.69, 9.17) is 9.47 Å². The molecule has 0 N–H and O–H groups in total. The van der Waals surface area contributed by atoms with Gasteiger partial charge in [0, 0.05) is 5.92 Å². The molecule has 0 saturated heterocycles. The Morgan fingerprint density at radius 3 is 2.06 bits per heavy atom. The maximum Gasteiger partial charge on any atom is 0.295 e. The summed E-state index contributed by atoms with van der Waals surface area (Å²) in [6.07, 6.45) is 12.2. The first-order valence-electron chi connectivity index (χ1n) is 7.14. The fourth-order valence-electron chi connectivity index (χ4n) is 3.11. The molecular weight excluding hydrogens is 216 g/mol. The number of rotatable bonds is 5. The van der Waals surface area contributed by atoms with Gasteiger partial charge in [0.15, 0.2) is 0 Å². The number of carbonyl (C=O) groups is 1. The van der Waals surface area contributed by atoms with Gasteiger partial charge in [0.2, 0.25) is 6.29 Å². The summed E-state index contributed by atoms with van der Waals surface area (Å²) in [5.41, 5.74) is 0. The molecular formula is C14H24O3. The fourth-order valence-corrected chi connectivity index (χ4v) is 3.11. The lowest BCUT2D eigenvalue weighted by Gasteiger charge is -2.32. The van der Waals surface area contributed by atoms with Gasteiger partial charge in [0.1, 0.15) is 0 Å². The first-order chi connectivity index (χ1) is 8.40. The molecule has 1 unspecified atom stereocenters. The fraction of sp³-hybridized carbons (Fsp3) is 0.929. The number of ether oxygens (including phenoxy) is 2. The minimum atomic E-state index is -0.282. The molecule has 0 aromatic heterocycles. The Hall–Kier alpha value is -0.570. The second-order valence-corrected chi connectivity index (χ2v) is 5.39. The van der Waals surface area contributed by atoms with Crippen molar-refractivity contribution in [3.05, 3.63) is 0 Å². The maximum absolute atomic E-state index is 10.6. The van der Waals surface area contributed by atoms with Gasteiger partial charge >= 0.3 is 0 Å². The van der Waals surface area contributed by atoms with Crippen LogP contribution in [0.2, 0.25) is 0 Å². The Balaban J connectivity index is 1.83. The van der Waals surface area contributed by atoms with E-state index in [-0.39, 0.29) is 6.29 Å². The molecule has 2 aliphatic carbocycles. The summed E-state index contributed by atoms with van der Waals surface area (Å²) < 4.78 is 11.2.